The van der Waals surface area contributed by atoms with Crippen LogP contribution in [0.1, 0.15) is 5.56 Å². The highest BCUT2D eigenvalue weighted by Gasteiger charge is 2.20. The third-order valence-corrected chi connectivity index (χ3v) is 6.56. The molecule has 3 aromatic rings. The van der Waals surface area contributed by atoms with Crippen LogP contribution in [0.25, 0.3) is 5.69 Å². The highest BCUT2D eigenvalue weighted by atomic mass is 79.9. The smallest absolute Gasteiger partial charge is 0.241 e. The molecule has 7 nitrogen and oxygen atoms in total. The van der Waals surface area contributed by atoms with Gasteiger partial charge in [-0.1, -0.05) is 12.1 Å². The Balaban J connectivity index is 1.67. The third-order valence-electron chi connectivity index (χ3n) is 4.14. The minimum atomic E-state index is -3.71. The van der Waals surface area contributed by atoms with Crippen molar-refractivity contribution < 1.29 is 17.9 Å². The Kier molecular flexibility index (Phi) is 6.38. The summed E-state index contributed by atoms with van der Waals surface area (Å²) in [5.74, 6) is 0.797. The lowest BCUT2D eigenvalue weighted by Gasteiger charge is -2.13. The minimum absolute atomic E-state index is 0.0965. The predicted molar refractivity (Wildman–Crippen MR) is 110 cm³/mol. The standard InChI is InChI=1S/C19H20BrN3O4S/c1-26-17-12-16(20)19(13-18(17)27-2)28(24,25)22-10-8-14-4-6-15(7-5-14)23-11-3-9-21-23/h3-7,9,11-13,22H,8,10H2,1-2H3. The number of nitrogens with zero attached hydrogens (tertiary/aromatic N) is 2. The van der Waals surface area contributed by atoms with E-state index in [-0.39, 0.29) is 11.4 Å². The first-order valence-corrected chi connectivity index (χ1v) is 10.7. The van der Waals surface area contributed by atoms with E-state index < -0.39 is 10.0 Å². The Bertz CT molecular complexity index is 1040. The van der Waals surface area contributed by atoms with Gasteiger partial charge in [-0.15, -0.1) is 0 Å². The predicted octanol–water partition coefficient (Wildman–Crippen LogP) is 3.17. The molecule has 1 aromatic heterocycles. The largest absolute Gasteiger partial charge is 0.493 e. The van der Waals surface area contributed by atoms with Crippen molar-refractivity contribution in [3.63, 3.8) is 0 Å². The minimum Gasteiger partial charge on any atom is -0.493 e. The number of methoxy groups -OCH3 is 2. The maximum absolute atomic E-state index is 12.7. The summed E-state index contributed by atoms with van der Waals surface area (Å²) < 4.78 is 40.5. The van der Waals surface area contributed by atoms with Crippen molar-refractivity contribution in [1.29, 1.82) is 0 Å². The summed E-state index contributed by atoms with van der Waals surface area (Å²) in [4.78, 5) is 0.0965. The molecule has 0 saturated heterocycles. The van der Waals surface area contributed by atoms with E-state index in [0.29, 0.717) is 22.4 Å². The Hall–Kier alpha value is -2.36. The lowest BCUT2D eigenvalue weighted by Crippen LogP contribution is -2.26. The van der Waals surface area contributed by atoms with E-state index in [1.54, 1.807) is 16.9 Å². The van der Waals surface area contributed by atoms with E-state index in [1.807, 2.05) is 36.5 Å². The fraction of sp³-hybridized carbons (Fsp3) is 0.211. The summed E-state index contributed by atoms with van der Waals surface area (Å²) in [6.07, 6.45) is 4.14. The SMILES string of the molecule is COc1cc(Br)c(S(=O)(=O)NCCc2ccc(-n3cccn3)cc2)cc1OC. The topological polar surface area (TPSA) is 82.5 Å². The molecule has 0 bridgehead atoms. The zero-order valence-corrected chi connectivity index (χ0v) is 17.8. The molecule has 0 aliphatic carbocycles. The lowest BCUT2D eigenvalue weighted by atomic mass is 10.1. The number of hydrogen-bond acceptors (Lipinski definition) is 5. The van der Waals surface area contributed by atoms with Gasteiger partial charge in [0, 0.05) is 29.5 Å². The van der Waals surface area contributed by atoms with Crippen molar-refractivity contribution in [2.75, 3.05) is 20.8 Å². The molecule has 9 heteroatoms. The molecule has 0 aliphatic rings. The van der Waals surface area contributed by atoms with E-state index >= 15 is 0 Å². The highest BCUT2D eigenvalue weighted by Crippen LogP contribution is 2.35. The lowest BCUT2D eigenvalue weighted by molar-refractivity contribution is 0.353. The third kappa shape index (κ3) is 4.54. The number of aromatic nitrogens is 2. The summed E-state index contributed by atoms with van der Waals surface area (Å²) in [5.41, 5.74) is 1.97. The van der Waals surface area contributed by atoms with E-state index in [2.05, 4.69) is 25.8 Å². The number of ether oxygens (including phenoxy) is 2. The van der Waals surface area contributed by atoms with E-state index in [4.69, 9.17) is 9.47 Å². The molecule has 28 heavy (non-hydrogen) atoms. The Morgan fingerprint density at radius 3 is 2.39 bits per heavy atom. The van der Waals surface area contributed by atoms with Crippen LogP contribution in [0.4, 0.5) is 0 Å². The Labute approximate surface area is 172 Å². The highest BCUT2D eigenvalue weighted by molar-refractivity contribution is 9.10. The van der Waals surface area contributed by atoms with Gasteiger partial charge >= 0.3 is 0 Å². The molecule has 0 radical (unpaired) electrons. The molecule has 0 aliphatic heterocycles. The maximum Gasteiger partial charge on any atom is 0.241 e. The Morgan fingerprint density at radius 2 is 1.79 bits per heavy atom. The van der Waals surface area contributed by atoms with Gasteiger partial charge in [0.1, 0.15) is 4.90 Å². The molecule has 3 rings (SSSR count). The van der Waals surface area contributed by atoms with Crippen LogP contribution in [0.5, 0.6) is 11.5 Å². The monoisotopic (exact) mass is 465 g/mol. The van der Waals surface area contributed by atoms with Crippen LogP contribution in [0, 0.1) is 0 Å². The molecule has 1 N–H and O–H groups in total. The molecule has 0 saturated carbocycles. The van der Waals surface area contributed by atoms with Crippen molar-refractivity contribution in [1.82, 2.24) is 14.5 Å². The summed E-state index contributed by atoms with van der Waals surface area (Å²) in [7, 11) is -0.754. The quantitative estimate of drug-likeness (QED) is 0.552. The summed E-state index contributed by atoms with van der Waals surface area (Å²) in [6, 6.07) is 12.7. The number of nitrogens with one attached hydrogen (secondary N) is 1. The second kappa shape index (κ2) is 8.76. The van der Waals surface area contributed by atoms with Gasteiger partial charge < -0.3 is 9.47 Å². The van der Waals surface area contributed by atoms with Gasteiger partial charge in [0.25, 0.3) is 0 Å². The first-order valence-electron chi connectivity index (χ1n) is 8.45. The van der Waals surface area contributed by atoms with Crippen LogP contribution in [0.3, 0.4) is 0 Å². The number of hydrogen-bond donors (Lipinski definition) is 1. The van der Waals surface area contributed by atoms with E-state index in [1.165, 1.54) is 20.3 Å². The summed E-state index contributed by atoms with van der Waals surface area (Å²) in [6.45, 7) is 0.268. The van der Waals surface area contributed by atoms with Crippen LogP contribution in [-0.2, 0) is 16.4 Å². The van der Waals surface area contributed by atoms with Gasteiger partial charge in [0.2, 0.25) is 10.0 Å². The van der Waals surface area contributed by atoms with Crippen molar-refractivity contribution in [2.24, 2.45) is 0 Å². The van der Waals surface area contributed by atoms with Gasteiger partial charge in [0.15, 0.2) is 11.5 Å². The number of benzene rings is 2. The van der Waals surface area contributed by atoms with Crippen molar-refractivity contribution in [3.8, 4) is 17.2 Å². The average Bonchev–Trinajstić information content (AvgIpc) is 3.22. The molecule has 0 spiro atoms. The summed E-state index contributed by atoms with van der Waals surface area (Å²) in [5, 5.41) is 4.18. The van der Waals surface area contributed by atoms with Crippen LogP contribution in [0.15, 0.2) is 64.2 Å². The van der Waals surface area contributed by atoms with Gasteiger partial charge in [-0.2, -0.15) is 5.10 Å². The molecule has 2 aromatic carbocycles. The fourth-order valence-corrected chi connectivity index (χ4v) is 4.75. The molecule has 0 atom stereocenters. The molecule has 0 amide bonds. The number of halogens is 1. The van der Waals surface area contributed by atoms with Crippen LogP contribution in [0.2, 0.25) is 0 Å². The van der Waals surface area contributed by atoms with Gasteiger partial charge in [-0.3, -0.25) is 0 Å². The van der Waals surface area contributed by atoms with Crippen molar-refractivity contribution in [3.05, 3.63) is 64.9 Å². The van der Waals surface area contributed by atoms with Crippen LogP contribution >= 0.6 is 15.9 Å². The number of rotatable bonds is 8. The second-order valence-corrected chi connectivity index (χ2v) is 8.49. The first-order chi connectivity index (χ1) is 13.4. The molecule has 0 unspecified atom stereocenters. The van der Waals surface area contributed by atoms with Gasteiger partial charge in [-0.25, -0.2) is 17.8 Å². The van der Waals surface area contributed by atoms with Crippen molar-refractivity contribution >= 4 is 26.0 Å². The normalized spacial score (nSPS) is 11.4. The zero-order valence-electron chi connectivity index (χ0n) is 15.4. The van der Waals surface area contributed by atoms with E-state index in [9.17, 15) is 8.42 Å². The number of sulfonamides is 1. The van der Waals surface area contributed by atoms with Crippen LogP contribution < -0.4 is 14.2 Å². The maximum atomic E-state index is 12.7. The molecule has 0 fully saturated rings. The van der Waals surface area contributed by atoms with E-state index in [0.717, 1.165) is 11.3 Å². The van der Waals surface area contributed by atoms with Crippen molar-refractivity contribution in [2.45, 2.75) is 11.3 Å². The van der Waals surface area contributed by atoms with Gasteiger partial charge in [0.05, 0.1) is 19.9 Å². The molecule has 148 valence electrons. The second-order valence-electron chi connectivity index (χ2n) is 5.90. The molecular formula is C19H20BrN3O4S. The average molecular weight is 466 g/mol. The molecular weight excluding hydrogens is 446 g/mol. The summed E-state index contributed by atoms with van der Waals surface area (Å²) >= 11 is 3.29. The molecule has 1 heterocycles. The first kappa shape index (κ1) is 20.4. The fourth-order valence-electron chi connectivity index (χ4n) is 2.69. The van der Waals surface area contributed by atoms with Crippen LogP contribution in [-0.4, -0.2) is 39.0 Å². The van der Waals surface area contributed by atoms with Gasteiger partial charge in [-0.05, 0) is 52.2 Å². The Morgan fingerprint density at radius 1 is 1.11 bits per heavy atom. The zero-order chi connectivity index (χ0) is 20.1.